The predicted molar refractivity (Wildman–Crippen MR) is 82.2 cm³/mol. The van der Waals surface area contributed by atoms with Crippen LogP contribution in [0.2, 0.25) is 0 Å². The highest BCUT2D eigenvalue weighted by molar-refractivity contribution is 5.48. The number of rotatable bonds is 5. The summed E-state index contributed by atoms with van der Waals surface area (Å²) in [7, 11) is 0. The molecule has 3 atom stereocenters. The molecule has 0 saturated carbocycles. The van der Waals surface area contributed by atoms with Crippen LogP contribution in [0.15, 0.2) is 24.3 Å². The third kappa shape index (κ3) is 3.72. The van der Waals surface area contributed by atoms with Crippen molar-refractivity contribution in [1.82, 2.24) is 5.32 Å². The number of benzene rings is 1. The number of aliphatic hydroxyl groups is 1. The Morgan fingerprint density at radius 3 is 2.65 bits per heavy atom. The van der Waals surface area contributed by atoms with Crippen molar-refractivity contribution in [2.45, 2.75) is 39.0 Å². The number of morpholine rings is 1. The van der Waals surface area contributed by atoms with Crippen LogP contribution in [0.1, 0.15) is 32.4 Å². The molecule has 2 rings (SSSR count). The Morgan fingerprint density at radius 1 is 1.35 bits per heavy atom. The van der Waals surface area contributed by atoms with Gasteiger partial charge in [0.2, 0.25) is 0 Å². The average Bonchev–Trinajstić information content (AvgIpc) is 2.47. The van der Waals surface area contributed by atoms with Gasteiger partial charge in [-0.15, -0.1) is 0 Å². The molecule has 3 unspecified atom stereocenters. The molecule has 0 bridgehead atoms. The highest BCUT2D eigenvalue weighted by Gasteiger charge is 2.24. The minimum absolute atomic E-state index is 0.0797. The standard InChI is InChI=1S/C16H26N2O2/c1-4-17-13(3)14-5-7-15(8-6-14)18-9-12(2)20-16(10-18)11-19/h5-8,12-13,16-17,19H,4,9-11H2,1-3H3. The zero-order chi connectivity index (χ0) is 14.5. The fourth-order valence-electron chi connectivity index (χ4n) is 2.75. The Hall–Kier alpha value is -1.10. The van der Waals surface area contributed by atoms with Crippen molar-refractivity contribution < 1.29 is 9.84 Å². The van der Waals surface area contributed by atoms with E-state index in [0.717, 1.165) is 19.6 Å². The molecule has 1 fully saturated rings. The van der Waals surface area contributed by atoms with Gasteiger partial charge in [0, 0.05) is 24.8 Å². The summed E-state index contributed by atoms with van der Waals surface area (Å²) in [5.41, 5.74) is 2.50. The van der Waals surface area contributed by atoms with E-state index in [0.29, 0.717) is 6.04 Å². The van der Waals surface area contributed by atoms with Crippen molar-refractivity contribution in [2.75, 3.05) is 31.1 Å². The summed E-state index contributed by atoms with van der Waals surface area (Å²) < 4.78 is 5.68. The van der Waals surface area contributed by atoms with Crippen LogP contribution in [0.5, 0.6) is 0 Å². The quantitative estimate of drug-likeness (QED) is 0.864. The van der Waals surface area contributed by atoms with Crippen LogP contribution in [0, 0.1) is 0 Å². The molecule has 4 heteroatoms. The normalized spacial score (nSPS) is 24.7. The van der Waals surface area contributed by atoms with E-state index in [2.05, 4.69) is 55.3 Å². The molecular weight excluding hydrogens is 252 g/mol. The molecular formula is C16H26N2O2. The van der Waals surface area contributed by atoms with Gasteiger partial charge < -0.3 is 20.1 Å². The Morgan fingerprint density at radius 2 is 2.05 bits per heavy atom. The summed E-state index contributed by atoms with van der Waals surface area (Å²) >= 11 is 0. The van der Waals surface area contributed by atoms with Gasteiger partial charge in [-0.3, -0.25) is 0 Å². The van der Waals surface area contributed by atoms with Gasteiger partial charge in [0.05, 0.1) is 18.8 Å². The first-order valence-corrected chi connectivity index (χ1v) is 7.48. The van der Waals surface area contributed by atoms with Gasteiger partial charge in [-0.1, -0.05) is 19.1 Å². The Balaban J connectivity index is 2.05. The second-order valence-electron chi connectivity index (χ2n) is 5.53. The van der Waals surface area contributed by atoms with Crippen molar-refractivity contribution in [2.24, 2.45) is 0 Å². The van der Waals surface area contributed by atoms with Crippen molar-refractivity contribution in [1.29, 1.82) is 0 Å². The van der Waals surface area contributed by atoms with Crippen LogP contribution in [0.25, 0.3) is 0 Å². The zero-order valence-electron chi connectivity index (χ0n) is 12.7. The smallest absolute Gasteiger partial charge is 0.0984 e. The fraction of sp³-hybridized carbons (Fsp3) is 0.625. The van der Waals surface area contributed by atoms with E-state index in [4.69, 9.17) is 4.74 Å². The summed E-state index contributed by atoms with van der Waals surface area (Å²) in [5, 5.41) is 12.7. The lowest BCUT2D eigenvalue weighted by Crippen LogP contribution is -2.48. The monoisotopic (exact) mass is 278 g/mol. The number of nitrogens with zero attached hydrogens (tertiary/aromatic N) is 1. The molecule has 0 spiro atoms. The third-order valence-electron chi connectivity index (χ3n) is 3.80. The fourth-order valence-corrected chi connectivity index (χ4v) is 2.75. The minimum Gasteiger partial charge on any atom is -0.394 e. The largest absolute Gasteiger partial charge is 0.394 e. The molecule has 1 heterocycles. The number of hydrogen-bond acceptors (Lipinski definition) is 4. The van der Waals surface area contributed by atoms with Gasteiger partial charge in [0.15, 0.2) is 0 Å². The molecule has 1 aliphatic rings. The van der Waals surface area contributed by atoms with Crippen LogP contribution in [0.4, 0.5) is 5.69 Å². The summed E-state index contributed by atoms with van der Waals surface area (Å²) in [4.78, 5) is 2.29. The van der Waals surface area contributed by atoms with E-state index < -0.39 is 0 Å². The van der Waals surface area contributed by atoms with Gasteiger partial charge in [0.1, 0.15) is 0 Å². The number of anilines is 1. The Bertz CT molecular complexity index is 407. The number of nitrogens with one attached hydrogen (secondary N) is 1. The van der Waals surface area contributed by atoms with Gasteiger partial charge in [0.25, 0.3) is 0 Å². The zero-order valence-corrected chi connectivity index (χ0v) is 12.7. The van der Waals surface area contributed by atoms with E-state index in [-0.39, 0.29) is 18.8 Å². The maximum absolute atomic E-state index is 9.29. The lowest BCUT2D eigenvalue weighted by Gasteiger charge is -2.37. The summed E-state index contributed by atoms with van der Waals surface area (Å²) in [6, 6.07) is 9.06. The van der Waals surface area contributed by atoms with E-state index in [1.54, 1.807) is 0 Å². The van der Waals surface area contributed by atoms with E-state index >= 15 is 0 Å². The Labute approximate surface area is 121 Å². The molecule has 112 valence electrons. The van der Waals surface area contributed by atoms with Gasteiger partial charge in [-0.25, -0.2) is 0 Å². The van der Waals surface area contributed by atoms with Crippen molar-refractivity contribution >= 4 is 5.69 Å². The van der Waals surface area contributed by atoms with Gasteiger partial charge >= 0.3 is 0 Å². The van der Waals surface area contributed by atoms with E-state index in [1.165, 1.54) is 11.3 Å². The SMILES string of the molecule is CCNC(C)c1ccc(N2CC(C)OC(CO)C2)cc1. The molecule has 1 aromatic carbocycles. The average molecular weight is 278 g/mol. The maximum atomic E-state index is 9.29. The van der Waals surface area contributed by atoms with E-state index in [1.807, 2.05) is 0 Å². The van der Waals surface area contributed by atoms with Crippen molar-refractivity contribution in [3.8, 4) is 0 Å². The molecule has 4 nitrogen and oxygen atoms in total. The molecule has 0 radical (unpaired) electrons. The van der Waals surface area contributed by atoms with Gasteiger partial charge in [-0.2, -0.15) is 0 Å². The first-order chi connectivity index (χ1) is 9.63. The summed E-state index contributed by atoms with van der Waals surface area (Å²) in [6.07, 6.45) is 0.0698. The molecule has 0 amide bonds. The maximum Gasteiger partial charge on any atom is 0.0984 e. The van der Waals surface area contributed by atoms with Gasteiger partial charge in [-0.05, 0) is 38.1 Å². The van der Waals surface area contributed by atoms with Crippen LogP contribution in [0.3, 0.4) is 0 Å². The number of aliphatic hydroxyl groups excluding tert-OH is 1. The predicted octanol–water partition coefficient (Wildman–Crippen LogP) is 1.94. The third-order valence-corrected chi connectivity index (χ3v) is 3.80. The Kier molecular flexibility index (Phi) is 5.40. The molecule has 2 N–H and O–H groups in total. The molecule has 1 saturated heterocycles. The summed E-state index contributed by atoms with van der Waals surface area (Å²) in [6.45, 7) is 9.03. The summed E-state index contributed by atoms with van der Waals surface area (Å²) in [5.74, 6) is 0. The molecule has 0 aromatic heterocycles. The lowest BCUT2D eigenvalue weighted by molar-refractivity contribution is -0.0421. The topological polar surface area (TPSA) is 44.7 Å². The first kappa shape index (κ1) is 15.3. The minimum atomic E-state index is -0.0842. The highest BCUT2D eigenvalue weighted by Crippen LogP contribution is 2.22. The van der Waals surface area contributed by atoms with Crippen molar-refractivity contribution in [3.05, 3.63) is 29.8 Å². The van der Waals surface area contributed by atoms with Crippen LogP contribution >= 0.6 is 0 Å². The van der Waals surface area contributed by atoms with Crippen molar-refractivity contribution in [3.63, 3.8) is 0 Å². The highest BCUT2D eigenvalue weighted by atomic mass is 16.5. The second-order valence-corrected chi connectivity index (χ2v) is 5.53. The van der Waals surface area contributed by atoms with E-state index in [9.17, 15) is 5.11 Å². The lowest BCUT2D eigenvalue weighted by atomic mass is 10.1. The molecule has 20 heavy (non-hydrogen) atoms. The first-order valence-electron chi connectivity index (χ1n) is 7.48. The van der Waals surface area contributed by atoms with Crippen LogP contribution in [-0.4, -0.2) is 43.6 Å². The molecule has 0 aliphatic carbocycles. The van der Waals surface area contributed by atoms with Crippen LogP contribution < -0.4 is 10.2 Å². The van der Waals surface area contributed by atoms with Crippen LogP contribution in [-0.2, 0) is 4.74 Å². The second kappa shape index (κ2) is 7.07. The number of ether oxygens (including phenoxy) is 1. The molecule has 1 aliphatic heterocycles. The number of hydrogen-bond donors (Lipinski definition) is 2. The molecule has 1 aromatic rings.